The molecular weight excluding hydrogens is 332 g/mol. The van der Waals surface area contributed by atoms with Crippen molar-refractivity contribution in [2.45, 2.75) is 50.3 Å². The van der Waals surface area contributed by atoms with Gasteiger partial charge >= 0.3 is 0 Å². The lowest BCUT2D eigenvalue weighted by Gasteiger charge is -2.45. The molecule has 2 rings (SSSR count). The van der Waals surface area contributed by atoms with Crippen molar-refractivity contribution in [2.24, 2.45) is 11.3 Å². The van der Waals surface area contributed by atoms with Crippen molar-refractivity contribution in [3.8, 4) is 0 Å². The van der Waals surface area contributed by atoms with Crippen LogP contribution in [0, 0.1) is 11.3 Å². The van der Waals surface area contributed by atoms with E-state index < -0.39 is 0 Å². The minimum absolute atomic E-state index is 0.108. The van der Waals surface area contributed by atoms with Crippen molar-refractivity contribution in [3.63, 3.8) is 0 Å². The van der Waals surface area contributed by atoms with E-state index in [2.05, 4.69) is 43.8 Å². The standard InChI is InChI=1S/C13H18Br2O/c1-9(16)13(15)7-5-11-10(8-14)4-3-6-12(11,13)2/h8,11H,3-7H2,1-2H3/t11?,12-,13-/m0/s1. The predicted octanol–water partition coefficient (Wildman–Crippen LogP) is 4.59. The Kier molecular flexibility index (Phi) is 3.39. The smallest absolute Gasteiger partial charge is 0.147 e. The molecule has 3 atom stereocenters. The van der Waals surface area contributed by atoms with Gasteiger partial charge in [0.15, 0.2) is 0 Å². The first-order valence-corrected chi connectivity index (χ1v) is 7.65. The number of allylic oxidation sites excluding steroid dienone is 1. The summed E-state index contributed by atoms with van der Waals surface area (Å²) in [5, 5.41) is 0. The van der Waals surface area contributed by atoms with E-state index in [9.17, 15) is 4.79 Å². The summed E-state index contributed by atoms with van der Waals surface area (Å²) in [7, 11) is 0. The van der Waals surface area contributed by atoms with Crippen LogP contribution in [0.1, 0.15) is 46.0 Å². The van der Waals surface area contributed by atoms with Gasteiger partial charge in [0.2, 0.25) is 0 Å². The van der Waals surface area contributed by atoms with E-state index in [1.807, 2.05) is 0 Å². The maximum Gasteiger partial charge on any atom is 0.147 e. The van der Waals surface area contributed by atoms with Crippen LogP contribution < -0.4 is 0 Å². The minimum atomic E-state index is -0.285. The van der Waals surface area contributed by atoms with Crippen molar-refractivity contribution in [3.05, 3.63) is 10.6 Å². The third kappa shape index (κ3) is 1.58. The molecule has 0 aromatic heterocycles. The lowest BCUT2D eigenvalue weighted by Crippen LogP contribution is -2.47. The number of alkyl halides is 1. The molecule has 1 nitrogen and oxygen atoms in total. The second kappa shape index (κ2) is 4.24. The number of carbonyl (C=O) groups excluding carboxylic acids is 1. The molecule has 0 radical (unpaired) electrons. The largest absolute Gasteiger partial charge is 0.298 e. The highest BCUT2D eigenvalue weighted by Gasteiger charge is 2.59. The van der Waals surface area contributed by atoms with Crippen molar-refractivity contribution in [1.82, 2.24) is 0 Å². The van der Waals surface area contributed by atoms with Gasteiger partial charge in [-0.05, 0) is 55.3 Å². The first-order chi connectivity index (χ1) is 7.45. The van der Waals surface area contributed by atoms with Crippen LogP contribution >= 0.6 is 31.9 Å². The molecule has 0 aliphatic heterocycles. The van der Waals surface area contributed by atoms with E-state index in [1.165, 1.54) is 18.4 Å². The molecule has 90 valence electrons. The van der Waals surface area contributed by atoms with E-state index in [-0.39, 0.29) is 9.74 Å². The molecule has 0 N–H and O–H groups in total. The van der Waals surface area contributed by atoms with Gasteiger partial charge in [-0.2, -0.15) is 0 Å². The Labute approximate surface area is 114 Å². The summed E-state index contributed by atoms with van der Waals surface area (Å²) in [5.74, 6) is 0.872. The molecule has 3 heteroatoms. The molecule has 0 heterocycles. The average Bonchev–Trinajstić information content (AvgIpc) is 2.52. The van der Waals surface area contributed by atoms with Crippen molar-refractivity contribution >= 4 is 37.6 Å². The number of ketones is 1. The Morgan fingerprint density at radius 3 is 2.75 bits per heavy atom. The van der Waals surface area contributed by atoms with Gasteiger partial charge in [-0.15, -0.1) is 0 Å². The van der Waals surface area contributed by atoms with Crippen LogP contribution in [0.5, 0.6) is 0 Å². The summed E-state index contributed by atoms with van der Waals surface area (Å²) >= 11 is 7.26. The zero-order valence-corrected chi connectivity index (χ0v) is 13.0. The molecule has 0 amide bonds. The molecule has 2 saturated carbocycles. The summed E-state index contributed by atoms with van der Waals surface area (Å²) in [5.41, 5.74) is 1.60. The van der Waals surface area contributed by atoms with E-state index in [0.717, 1.165) is 19.3 Å². The van der Waals surface area contributed by atoms with E-state index in [1.54, 1.807) is 6.92 Å². The van der Waals surface area contributed by atoms with Crippen LogP contribution in [-0.2, 0) is 4.79 Å². The number of Topliss-reactive ketones (excluding diaryl/α,β-unsaturated/α-hetero) is 1. The highest BCUT2D eigenvalue weighted by atomic mass is 79.9. The number of hydrogen-bond donors (Lipinski definition) is 0. The molecule has 16 heavy (non-hydrogen) atoms. The van der Waals surface area contributed by atoms with Gasteiger partial charge in [-0.25, -0.2) is 0 Å². The number of carbonyl (C=O) groups is 1. The van der Waals surface area contributed by atoms with Crippen molar-refractivity contribution in [2.75, 3.05) is 0 Å². The summed E-state index contributed by atoms with van der Waals surface area (Å²) < 4.78 is -0.285. The molecular formula is C13H18Br2O. The third-order valence-corrected chi connectivity index (χ3v) is 7.21. The topological polar surface area (TPSA) is 17.1 Å². The van der Waals surface area contributed by atoms with E-state index in [0.29, 0.717) is 11.7 Å². The normalized spacial score (nSPS) is 45.8. The Hall–Kier alpha value is 0.370. The summed E-state index contributed by atoms with van der Waals surface area (Å²) in [4.78, 5) is 14.0. The van der Waals surface area contributed by atoms with Gasteiger partial charge in [-0.1, -0.05) is 44.4 Å². The monoisotopic (exact) mass is 348 g/mol. The second-order valence-electron chi connectivity index (χ2n) is 5.40. The number of fused-ring (bicyclic) bond motifs is 1. The molecule has 0 saturated heterocycles. The number of rotatable bonds is 1. The Morgan fingerprint density at radius 2 is 2.19 bits per heavy atom. The van der Waals surface area contributed by atoms with Crippen LogP contribution in [-0.4, -0.2) is 10.1 Å². The van der Waals surface area contributed by atoms with Gasteiger partial charge in [0.1, 0.15) is 5.78 Å². The van der Waals surface area contributed by atoms with Crippen molar-refractivity contribution in [1.29, 1.82) is 0 Å². The molecule has 0 aromatic carbocycles. The zero-order valence-electron chi connectivity index (χ0n) is 9.85. The first kappa shape index (κ1) is 12.8. The molecule has 0 bridgehead atoms. The zero-order chi connectivity index (χ0) is 12.0. The Morgan fingerprint density at radius 1 is 1.50 bits per heavy atom. The van der Waals surface area contributed by atoms with Crippen molar-refractivity contribution < 1.29 is 4.79 Å². The van der Waals surface area contributed by atoms with Crippen LogP contribution in [0.15, 0.2) is 10.6 Å². The van der Waals surface area contributed by atoms with Crippen LogP contribution in [0.25, 0.3) is 0 Å². The minimum Gasteiger partial charge on any atom is -0.298 e. The molecule has 0 aromatic rings. The average molecular weight is 350 g/mol. The van der Waals surface area contributed by atoms with Crippen LogP contribution in [0.4, 0.5) is 0 Å². The molecule has 2 aliphatic carbocycles. The van der Waals surface area contributed by atoms with Crippen LogP contribution in [0.3, 0.4) is 0 Å². The third-order valence-electron chi connectivity index (χ3n) is 4.76. The maximum absolute atomic E-state index is 11.9. The fraction of sp³-hybridized carbons (Fsp3) is 0.769. The lowest BCUT2D eigenvalue weighted by atomic mass is 9.63. The predicted molar refractivity (Wildman–Crippen MR) is 74.0 cm³/mol. The summed E-state index contributed by atoms with van der Waals surface area (Å²) in [6.45, 7) is 4.02. The second-order valence-corrected chi connectivity index (χ2v) is 7.22. The number of halogens is 2. The molecule has 2 fully saturated rings. The fourth-order valence-electron chi connectivity index (χ4n) is 3.73. The summed E-state index contributed by atoms with van der Waals surface area (Å²) in [6.07, 6.45) is 5.66. The SMILES string of the molecule is CC(=O)[C@@]1(Br)CCC2C(=CBr)CCC[C@@]21C. The fourth-order valence-corrected chi connectivity index (χ4v) is 4.98. The molecule has 2 aliphatic rings. The Bertz CT molecular complexity index is 350. The first-order valence-electron chi connectivity index (χ1n) is 5.95. The van der Waals surface area contributed by atoms with Gasteiger partial charge in [0, 0.05) is 0 Å². The molecule has 0 spiro atoms. The van der Waals surface area contributed by atoms with E-state index in [4.69, 9.17) is 0 Å². The lowest BCUT2D eigenvalue weighted by molar-refractivity contribution is -0.122. The van der Waals surface area contributed by atoms with Gasteiger partial charge in [-0.3, -0.25) is 4.79 Å². The Balaban J connectivity index is 2.42. The van der Waals surface area contributed by atoms with Gasteiger partial charge in [0.25, 0.3) is 0 Å². The maximum atomic E-state index is 11.9. The summed E-state index contributed by atoms with van der Waals surface area (Å²) in [6, 6.07) is 0. The quantitative estimate of drug-likeness (QED) is 0.633. The highest BCUT2D eigenvalue weighted by Crippen LogP contribution is 2.63. The van der Waals surface area contributed by atoms with E-state index >= 15 is 0 Å². The molecule has 1 unspecified atom stereocenters. The highest BCUT2D eigenvalue weighted by molar-refractivity contribution is 9.11. The number of hydrogen-bond acceptors (Lipinski definition) is 1. The van der Waals surface area contributed by atoms with Crippen LogP contribution in [0.2, 0.25) is 0 Å². The van der Waals surface area contributed by atoms with Gasteiger partial charge in [0.05, 0.1) is 4.32 Å². The van der Waals surface area contributed by atoms with Gasteiger partial charge < -0.3 is 0 Å².